The first-order valence-electron chi connectivity index (χ1n) is 24.1. The Bertz CT molecular complexity index is 2380. The van der Waals surface area contributed by atoms with Crippen LogP contribution in [0.2, 0.25) is 0 Å². The quantitative estimate of drug-likeness (QED) is 0.0532. The molecule has 2 aliphatic rings. The first-order chi connectivity index (χ1) is 31.4. The zero-order chi connectivity index (χ0) is 44.4. The van der Waals surface area contributed by atoms with Gasteiger partial charge in [0.05, 0.1) is 32.3 Å². The van der Waals surface area contributed by atoms with E-state index in [0.717, 1.165) is 35.4 Å². The molecule has 2 amide bonds. The van der Waals surface area contributed by atoms with E-state index < -0.39 is 0 Å². The zero-order valence-electron chi connectivity index (χ0n) is 38.2. The van der Waals surface area contributed by atoms with Gasteiger partial charge in [0.2, 0.25) is 0 Å². The monoisotopic (exact) mass is 964 g/mol. The van der Waals surface area contributed by atoms with Crippen LogP contribution in [0.25, 0.3) is 50.4 Å². The molecule has 0 aromatic carbocycles. The summed E-state index contributed by atoms with van der Waals surface area (Å²) in [5, 5.41) is 10.8. The van der Waals surface area contributed by atoms with Crippen LogP contribution in [0.1, 0.15) is 162 Å². The first-order valence-corrected chi connectivity index (χ1v) is 29.2. The van der Waals surface area contributed by atoms with E-state index in [4.69, 9.17) is 0 Å². The van der Waals surface area contributed by atoms with E-state index in [2.05, 4.69) is 97.6 Å². The maximum Gasteiger partial charge on any atom is 0.258 e. The highest BCUT2D eigenvalue weighted by Gasteiger charge is 2.42. The number of rotatable bonds is 26. The van der Waals surface area contributed by atoms with E-state index in [9.17, 15) is 9.59 Å². The SMILES string of the molecule is CCCCCCc1c(-c2cccs2)sc(-c2ccc(C3=C4C(=O)NC(c5ccc(-c6sc(-c7cccs7)c(CCCCCC)c6CCCCCC)s5)=C4C(=O)N3)s2)c1CCCCCC. The highest BCUT2D eigenvalue weighted by Crippen LogP contribution is 2.51. The summed E-state index contributed by atoms with van der Waals surface area (Å²) in [5.74, 6) is -0.403. The second kappa shape index (κ2) is 22.9. The molecule has 0 atom stereocenters. The average Bonchev–Trinajstić information content (AvgIpc) is 4.15. The Morgan fingerprint density at radius 1 is 0.375 bits per heavy atom. The van der Waals surface area contributed by atoms with Crippen molar-refractivity contribution in [2.75, 3.05) is 0 Å². The molecular weight excluding hydrogens is 901 g/mol. The number of amides is 2. The van der Waals surface area contributed by atoms with Gasteiger partial charge in [0, 0.05) is 39.0 Å². The molecule has 4 nitrogen and oxygen atoms in total. The van der Waals surface area contributed by atoms with Gasteiger partial charge in [0.15, 0.2) is 0 Å². The minimum absolute atomic E-state index is 0.201. The van der Waals surface area contributed by atoms with Gasteiger partial charge < -0.3 is 10.6 Å². The van der Waals surface area contributed by atoms with Crippen molar-refractivity contribution in [2.24, 2.45) is 0 Å². The van der Waals surface area contributed by atoms with Crippen LogP contribution in [0, 0.1) is 0 Å². The smallest absolute Gasteiger partial charge is 0.258 e. The Balaban J connectivity index is 1.13. The summed E-state index contributed by atoms with van der Waals surface area (Å²) >= 11 is 11.0. The van der Waals surface area contributed by atoms with E-state index in [1.807, 2.05) is 45.3 Å². The molecule has 0 bridgehead atoms. The van der Waals surface area contributed by atoms with Gasteiger partial charge >= 0.3 is 0 Å². The van der Waals surface area contributed by atoms with Crippen molar-refractivity contribution in [3.63, 3.8) is 0 Å². The maximum absolute atomic E-state index is 14.0. The normalized spacial score (nSPS) is 13.8. The van der Waals surface area contributed by atoms with Crippen LogP contribution in [0.5, 0.6) is 0 Å². The van der Waals surface area contributed by atoms with Gasteiger partial charge in [-0.2, -0.15) is 0 Å². The molecule has 0 saturated carbocycles. The molecule has 2 aliphatic heterocycles. The molecule has 10 heteroatoms. The molecule has 8 heterocycles. The molecule has 0 aliphatic carbocycles. The number of hydrogen-bond acceptors (Lipinski definition) is 8. The highest BCUT2D eigenvalue weighted by molar-refractivity contribution is 7.27. The van der Waals surface area contributed by atoms with Crippen molar-refractivity contribution in [3.05, 3.63) is 102 Å². The van der Waals surface area contributed by atoms with Crippen molar-refractivity contribution >= 4 is 91.2 Å². The summed E-state index contributed by atoms with van der Waals surface area (Å²) in [6, 6.07) is 17.6. The number of hydrogen-bond donors (Lipinski definition) is 2. The molecule has 0 fully saturated rings. The minimum Gasteiger partial charge on any atom is -0.320 e. The Morgan fingerprint density at radius 3 is 1.02 bits per heavy atom. The van der Waals surface area contributed by atoms with Crippen LogP contribution in [-0.2, 0) is 35.3 Å². The summed E-state index contributed by atoms with van der Waals surface area (Å²) in [6.07, 6.45) is 24.2. The molecule has 6 aromatic heterocycles. The van der Waals surface area contributed by atoms with Gasteiger partial charge in [-0.15, -0.1) is 68.0 Å². The maximum atomic E-state index is 14.0. The lowest BCUT2D eigenvalue weighted by molar-refractivity contribution is -0.117. The number of unbranched alkanes of at least 4 members (excludes halogenated alkanes) is 12. The zero-order valence-corrected chi connectivity index (χ0v) is 43.1. The largest absolute Gasteiger partial charge is 0.320 e. The third-order valence-electron chi connectivity index (χ3n) is 12.7. The molecule has 0 saturated heterocycles. The Labute approximate surface area is 406 Å². The molecule has 8 rings (SSSR count). The van der Waals surface area contributed by atoms with Crippen molar-refractivity contribution < 1.29 is 9.59 Å². The number of fused-ring (bicyclic) bond motifs is 1. The van der Waals surface area contributed by atoms with Gasteiger partial charge in [0.25, 0.3) is 11.8 Å². The fourth-order valence-corrected chi connectivity index (χ4v) is 16.2. The lowest BCUT2D eigenvalue weighted by Crippen LogP contribution is -2.20. The summed E-state index contributed by atoms with van der Waals surface area (Å²) < 4.78 is 0. The van der Waals surface area contributed by atoms with Gasteiger partial charge in [-0.1, -0.05) is 117 Å². The molecular formula is C54H64N2O2S6. The summed E-state index contributed by atoms with van der Waals surface area (Å²) in [7, 11) is 0. The third-order valence-corrected chi connectivity index (χ3v) is 19.9. The Kier molecular flexibility index (Phi) is 16.8. The lowest BCUT2D eigenvalue weighted by atomic mass is 9.96. The number of nitrogens with one attached hydrogen (secondary N) is 2. The standard InChI is InChI=1S/C54H64N2O2S6/c1-5-9-13-17-23-35-37(25-19-15-11-7-3)51(63-49(35)41-27-21-33-59-41)43-31-29-39(61-43)47-45-46(54(58)55-47)48(56-53(45)57)40-30-32-44(62-40)52-38(26-20-16-12-8-4)36(24-18-14-10-6-2)50(64-52)42-28-22-34-60-42/h21-22,27-34H,5-20,23-26H2,1-4H3,(H,55,58)(H,56,57). The van der Waals surface area contributed by atoms with Crippen LogP contribution in [0.3, 0.4) is 0 Å². The van der Waals surface area contributed by atoms with Gasteiger partial charge in [-0.25, -0.2) is 0 Å². The predicted octanol–water partition coefficient (Wildman–Crippen LogP) is 17.6. The number of carbonyl (C=O) groups excluding carboxylic acids is 2. The van der Waals surface area contributed by atoms with Crippen LogP contribution in [0.4, 0.5) is 0 Å². The average molecular weight is 966 g/mol. The molecule has 0 unspecified atom stereocenters. The van der Waals surface area contributed by atoms with Crippen molar-refractivity contribution in [1.29, 1.82) is 0 Å². The number of thiophene rings is 6. The molecule has 338 valence electrons. The van der Waals surface area contributed by atoms with Gasteiger partial charge in [-0.05, 0) is 121 Å². The summed E-state index contributed by atoms with van der Waals surface area (Å²) in [5.41, 5.74) is 8.34. The van der Waals surface area contributed by atoms with Gasteiger partial charge in [0.1, 0.15) is 0 Å². The Morgan fingerprint density at radius 2 is 0.703 bits per heavy atom. The van der Waals surface area contributed by atoms with Crippen LogP contribution < -0.4 is 10.6 Å². The Hall–Kier alpha value is -3.38. The molecule has 0 spiro atoms. The fraction of sp³-hybridized carbons (Fsp3) is 0.444. The number of carbonyl (C=O) groups is 2. The van der Waals surface area contributed by atoms with Crippen LogP contribution in [0.15, 0.2) is 70.4 Å². The van der Waals surface area contributed by atoms with E-state index >= 15 is 0 Å². The van der Waals surface area contributed by atoms with Crippen LogP contribution in [-0.4, -0.2) is 11.8 Å². The second-order valence-corrected chi connectivity index (χ2v) is 23.5. The lowest BCUT2D eigenvalue weighted by Gasteiger charge is -2.09. The van der Waals surface area contributed by atoms with E-state index in [1.165, 1.54) is 153 Å². The van der Waals surface area contributed by atoms with Crippen LogP contribution >= 0.6 is 68.0 Å². The van der Waals surface area contributed by atoms with E-state index in [0.29, 0.717) is 22.5 Å². The van der Waals surface area contributed by atoms with Crippen molar-refractivity contribution in [3.8, 4) is 39.0 Å². The van der Waals surface area contributed by atoms with Gasteiger partial charge in [-0.3, -0.25) is 9.59 Å². The predicted molar refractivity (Wildman–Crippen MR) is 283 cm³/mol. The summed E-state index contributed by atoms with van der Waals surface area (Å²) in [4.78, 5) is 40.7. The van der Waals surface area contributed by atoms with E-state index in [1.54, 1.807) is 33.8 Å². The molecule has 64 heavy (non-hydrogen) atoms. The van der Waals surface area contributed by atoms with Crippen molar-refractivity contribution in [1.82, 2.24) is 10.6 Å². The topological polar surface area (TPSA) is 58.2 Å². The molecule has 2 N–H and O–H groups in total. The molecule has 0 radical (unpaired) electrons. The van der Waals surface area contributed by atoms with Crippen molar-refractivity contribution in [2.45, 2.75) is 156 Å². The molecule has 6 aromatic rings. The third kappa shape index (κ3) is 10.4. The first kappa shape index (κ1) is 47.1. The second-order valence-electron chi connectivity index (χ2n) is 17.4. The van der Waals surface area contributed by atoms with E-state index in [-0.39, 0.29) is 11.8 Å². The summed E-state index contributed by atoms with van der Waals surface area (Å²) in [6.45, 7) is 9.13. The minimum atomic E-state index is -0.201. The fourth-order valence-electron chi connectivity index (χ4n) is 9.32. The highest BCUT2D eigenvalue weighted by atomic mass is 32.1.